The van der Waals surface area contributed by atoms with Crippen LogP contribution in [-0.4, -0.2) is 49.6 Å². The first-order valence-corrected chi connectivity index (χ1v) is 10.4. The van der Waals surface area contributed by atoms with Crippen LogP contribution in [0, 0.1) is 6.92 Å². The van der Waals surface area contributed by atoms with E-state index in [1.807, 2.05) is 17.0 Å². The maximum absolute atomic E-state index is 12.5. The normalized spacial score (nSPS) is 14.3. The van der Waals surface area contributed by atoms with Crippen molar-refractivity contribution in [3.05, 3.63) is 59.7 Å². The fraction of sp³-hybridized carbons (Fsp3) is 0.417. The van der Waals surface area contributed by atoms with E-state index in [4.69, 9.17) is 9.47 Å². The first-order chi connectivity index (χ1) is 14.5. The van der Waals surface area contributed by atoms with Gasteiger partial charge in [-0.25, -0.2) is 0 Å². The summed E-state index contributed by atoms with van der Waals surface area (Å²) in [6.45, 7) is 3.34. The SMILES string of the molecule is COc1ccccc1OCC(=O)NC1CCN(C(=O)CCc2ccc(C)cc2)CC1. The van der Waals surface area contributed by atoms with E-state index >= 15 is 0 Å². The molecule has 0 unspecified atom stereocenters. The van der Waals surface area contributed by atoms with Gasteiger partial charge in [-0.1, -0.05) is 42.0 Å². The number of rotatable bonds is 8. The Hall–Kier alpha value is -3.02. The quantitative estimate of drug-likeness (QED) is 0.726. The number of ether oxygens (including phenoxy) is 2. The zero-order valence-corrected chi connectivity index (χ0v) is 17.7. The predicted octanol–water partition coefficient (Wildman–Crippen LogP) is 3.12. The van der Waals surface area contributed by atoms with Gasteiger partial charge in [0, 0.05) is 25.6 Å². The number of likely N-dealkylation sites (tertiary alicyclic amines) is 1. The number of nitrogens with one attached hydrogen (secondary N) is 1. The van der Waals surface area contributed by atoms with Crippen LogP contribution in [0.2, 0.25) is 0 Å². The van der Waals surface area contributed by atoms with Gasteiger partial charge in [0.15, 0.2) is 18.1 Å². The second-order valence-electron chi connectivity index (χ2n) is 7.65. The Kier molecular flexibility index (Phi) is 7.71. The maximum Gasteiger partial charge on any atom is 0.258 e. The van der Waals surface area contributed by atoms with E-state index in [0.29, 0.717) is 31.0 Å². The highest BCUT2D eigenvalue weighted by atomic mass is 16.5. The zero-order valence-electron chi connectivity index (χ0n) is 17.7. The number of amides is 2. The third-order valence-corrected chi connectivity index (χ3v) is 5.39. The smallest absolute Gasteiger partial charge is 0.258 e. The Bertz CT molecular complexity index is 843. The summed E-state index contributed by atoms with van der Waals surface area (Å²) in [5.41, 5.74) is 2.41. The van der Waals surface area contributed by atoms with E-state index in [0.717, 1.165) is 19.3 Å². The summed E-state index contributed by atoms with van der Waals surface area (Å²) in [6.07, 6.45) is 2.80. The zero-order chi connectivity index (χ0) is 21.3. The maximum atomic E-state index is 12.5. The minimum Gasteiger partial charge on any atom is -0.493 e. The summed E-state index contributed by atoms with van der Waals surface area (Å²) < 4.78 is 10.8. The second-order valence-corrected chi connectivity index (χ2v) is 7.65. The van der Waals surface area contributed by atoms with Crippen LogP contribution in [0.25, 0.3) is 0 Å². The lowest BCUT2D eigenvalue weighted by molar-refractivity contribution is -0.132. The standard InChI is InChI=1S/C24H30N2O4/c1-18-7-9-19(10-8-18)11-12-24(28)26-15-13-20(14-16-26)25-23(27)17-30-22-6-4-3-5-21(22)29-2/h3-10,20H,11-17H2,1-2H3,(H,25,27). The monoisotopic (exact) mass is 410 g/mol. The lowest BCUT2D eigenvalue weighted by atomic mass is 10.0. The number of carbonyl (C=O) groups excluding carboxylic acids is 2. The number of hydrogen-bond acceptors (Lipinski definition) is 4. The van der Waals surface area contributed by atoms with Crippen LogP contribution in [0.5, 0.6) is 11.5 Å². The first-order valence-electron chi connectivity index (χ1n) is 10.4. The molecule has 0 radical (unpaired) electrons. The third kappa shape index (κ3) is 6.24. The molecular weight excluding hydrogens is 380 g/mol. The molecule has 1 saturated heterocycles. The molecule has 2 amide bonds. The predicted molar refractivity (Wildman–Crippen MR) is 116 cm³/mol. The molecule has 0 spiro atoms. The van der Waals surface area contributed by atoms with E-state index in [1.54, 1.807) is 19.2 Å². The largest absolute Gasteiger partial charge is 0.493 e. The fourth-order valence-electron chi connectivity index (χ4n) is 3.59. The minimum absolute atomic E-state index is 0.0595. The second kappa shape index (κ2) is 10.7. The van der Waals surface area contributed by atoms with Crippen molar-refractivity contribution in [1.29, 1.82) is 0 Å². The van der Waals surface area contributed by atoms with Gasteiger partial charge in [0.1, 0.15) is 0 Å². The molecule has 6 nitrogen and oxygen atoms in total. The van der Waals surface area contributed by atoms with Crippen LogP contribution in [-0.2, 0) is 16.0 Å². The molecule has 3 rings (SSSR count). The molecular formula is C24H30N2O4. The molecule has 0 saturated carbocycles. The number of carbonyl (C=O) groups is 2. The van der Waals surface area contributed by atoms with Gasteiger partial charge in [0.2, 0.25) is 5.91 Å². The van der Waals surface area contributed by atoms with Crippen molar-refractivity contribution >= 4 is 11.8 Å². The minimum atomic E-state index is -0.162. The summed E-state index contributed by atoms with van der Waals surface area (Å²) >= 11 is 0. The molecule has 1 aliphatic rings. The molecule has 1 heterocycles. The average Bonchev–Trinajstić information content (AvgIpc) is 2.77. The van der Waals surface area contributed by atoms with E-state index in [2.05, 4.69) is 36.5 Å². The summed E-state index contributed by atoms with van der Waals surface area (Å²) in [6, 6.07) is 15.6. The molecule has 0 aromatic heterocycles. The Balaban J connectivity index is 1.36. The highest BCUT2D eigenvalue weighted by Crippen LogP contribution is 2.25. The van der Waals surface area contributed by atoms with Crippen LogP contribution in [0.1, 0.15) is 30.4 Å². The molecule has 1 N–H and O–H groups in total. The molecule has 1 fully saturated rings. The number of hydrogen-bond donors (Lipinski definition) is 1. The van der Waals surface area contributed by atoms with Crippen molar-refractivity contribution < 1.29 is 19.1 Å². The van der Waals surface area contributed by atoms with Gasteiger partial charge in [0.25, 0.3) is 5.91 Å². The Morgan fingerprint density at radius 3 is 2.37 bits per heavy atom. The van der Waals surface area contributed by atoms with Gasteiger partial charge in [-0.2, -0.15) is 0 Å². The number of methoxy groups -OCH3 is 1. The van der Waals surface area contributed by atoms with Crippen LogP contribution in [0.15, 0.2) is 48.5 Å². The van der Waals surface area contributed by atoms with Crippen LogP contribution in [0.3, 0.4) is 0 Å². The summed E-state index contributed by atoms with van der Waals surface area (Å²) in [4.78, 5) is 26.6. The van der Waals surface area contributed by atoms with Gasteiger partial charge in [-0.05, 0) is 43.9 Å². The van der Waals surface area contributed by atoms with Crippen LogP contribution >= 0.6 is 0 Å². The summed E-state index contributed by atoms with van der Waals surface area (Å²) in [5, 5.41) is 3.01. The van der Waals surface area contributed by atoms with Gasteiger partial charge in [-0.3, -0.25) is 9.59 Å². The topological polar surface area (TPSA) is 67.9 Å². The van der Waals surface area contributed by atoms with Gasteiger partial charge in [-0.15, -0.1) is 0 Å². The average molecular weight is 411 g/mol. The van der Waals surface area contributed by atoms with Gasteiger partial charge in [0.05, 0.1) is 7.11 Å². The van der Waals surface area contributed by atoms with E-state index in [-0.39, 0.29) is 24.5 Å². The lowest BCUT2D eigenvalue weighted by Gasteiger charge is -2.32. The Morgan fingerprint density at radius 1 is 1.03 bits per heavy atom. The van der Waals surface area contributed by atoms with E-state index in [1.165, 1.54) is 11.1 Å². The number of para-hydroxylation sites is 2. The van der Waals surface area contributed by atoms with Crippen molar-refractivity contribution in [3.8, 4) is 11.5 Å². The summed E-state index contributed by atoms with van der Waals surface area (Å²) in [5.74, 6) is 1.16. The van der Waals surface area contributed by atoms with Crippen molar-refractivity contribution in [3.63, 3.8) is 0 Å². The first kappa shape index (κ1) is 21.7. The summed E-state index contributed by atoms with van der Waals surface area (Å²) in [7, 11) is 1.57. The van der Waals surface area contributed by atoms with Crippen LogP contribution < -0.4 is 14.8 Å². The Labute approximate surface area is 178 Å². The molecule has 1 aliphatic heterocycles. The van der Waals surface area contributed by atoms with Gasteiger partial charge < -0.3 is 19.7 Å². The molecule has 0 aliphatic carbocycles. The number of piperidine rings is 1. The molecule has 2 aromatic rings. The van der Waals surface area contributed by atoms with Crippen molar-refractivity contribution in [2.75, 3.05) is 26.8 Å². The third-order valence-electron chi connectivity index (χ3n) is 5.39. The van der Waals surface area contributed by atoms with Gasteiger partial charge >= 0.3 is 0 Å². The number of aryl methyl sites for hydroxylation is 2. The highest BCUT2D eigenvalue weighted by Gasteiger charge is 2.23. The number of benzene rings is 2. The van der Waals surface area contributed by atoms with E-state index in [9.17, 15) is 9.59 Å². The van der Waals surface area contributed by atoms with E-state index < -0.39 is 0 Å². The molecule has 30 heavy (non-hydrogen) atoms. The molecule has 2 aromatic carbocycles. The van der Waals surface area contributed by atoms with Crippen LogP contribution in [0.4, 0.5) is 0 Å². The van der Waals surface area contributed by atoms with Crippen molar-refractivity contribution in [1.82, 2.24) is 10.2 Å². The van der Waals surface area contributed by atoms with Crippen molar-refractivity contribution in [2.24, 2.45) is 0 Å². The Morgan fingerprint density at radius 2 is 1.70 bits per heavy atom. The van der Waals surface area contributed by atoms with Crippen molar-refractivity contribution in [2.45, 2.75) is 38.6 Å². The molecule has 6 heteroatoms. The highest BCUT2D eigenvalue weighted by molar-refractivity contribution is 5.78. The molecule has 0 atom stereocenters. The number of nitrogens with zero attached hydrogens (tertiary/aromatic N) is 1. The lowest BCUT2D eigenvalue weighted by Crippen LogP contribution is -2.47. The fourth-order valence-corrected chi connectivity index (χ4v) is 3.59. The molecule has 0 bridgehead atoms. The molecule has 160 valence electrons.